The molecule has 0 fully saturated rings. The van der Waals surface area contributed by atoms with E-state index in [4.69, 9.17) is 19.7 Å². The van der Waals surface area contributed by atoms with Gasteiger partial charge in [-0.15, -0.1) is 0 Å². The summed E-state index contributed by atoms with van der Waals surface area (Å²) in [5.41, 5.74) is 7.99. The Balaban J connectivity index is 1.69. The van der Waals surface area contributed by atoms with Gasteiger partial charge in [0.2, 0.25) is 12.6 Å². The zero-order valence-electron chi connectivity index (χ0n) is 10.9. The number of anilines is 1. The minimum atomic E-state index is 0.235. The molecule has 1 aliphatic heterocycles. The molecular formula is C15H11N3O3. The zero-order chi connectivity index (χ0) is 14.2. The van der Waals surface area contributed by atoms with E-state index in [-0.39, 0.29) is 6.79 Å². The highest BCUT2D eigenvalue weighted by Gasteiger charge is 2.17. The largest absolute Gasteiger partial charge is 0.454 e. The van der Waals surface area contributed by atoms with Gasteiger partial charge < -0.3 is 19.7 Å². The van der Waals surface area contributed by atoms with Crippen molar-refractivity contribution in [2.75, 3.05) is 12.5 Å². The lowest BCUT2D eigenvalue weighted by molar-refractivity contribution is 0.174. The molecule has 0 aliphatic carbocycles. The average molecular weight is 281 g/mol. The molecule has 0 radical (unpaired) electrons. The SMILES string of the molecule is Nc1ccc(-c2noc(-c3ccc4c(c3)OCO4)n2)cc1. The van der Waals surface area contributed by atoms with Crippen molar-refractivity contribution in [3.63, 3.8) is 0 Å². The number of fused-ring (bicyclic) bond motifs is 1. The van der Waals surface area contributed by atoms with E-state index in [1.54, 1.807) is 12.1 Å². The van der Waals surface area contributed by atoms with Gasteiger partial charge in [0.25, 0.3) is 5.89 Å². The number of nitrogens with two attached hydrogens (primary N) is 1. The van der Waals surface area contributed by atoms with Crippen molar-refractivity contribution < 1.29 is 14.0 Å². The van der Waals surface area contributed by atoms with Gasteiger partial charge in [0.05, 0.1) is 0 Å². The van der Waals surface area contributed by atoms with Gasteiger partial charge in [0.15, 0.2) is 11.5 Å². The number of aromatic nitrogens is 2. The van der Waals surface area contributed by atoms with E-state index in [2.05, 4.69) is 10.1 Å². The van der Waals surface area contributed by atoms with Gasteiger partial charge >= 0.3 is 0 Å². The summed E-state index contributed by atoms with van der Waals surface area (Å²) in [6, 6.07) is 12.8. The minimum absolute atomic E-state index is 0.235. The number of ether oxygens (including phenoxy) is 2. The van der Waals surface area contributed by atoms with Crippen LogP contribution in [0.5, 0.6) is 11.5 Å². The van der Waals surface area contributed by atoms with Gasteiger partial charge in [0, 0.05) is 16.8 Å². The van der Waals surface area contributed by atoms with Crippen LogP contribution in [0.2, 0.25) is 0 Å². The summed E-state index contributed by atoms with van der Waals surface area (Å²) in [5, 5.41) is 3.99. The molecule has 0 unspecified atom stereocenters. The first-order chi connectivity index (χ1) is 10.3. The Morgan fingerprint density at radius 3 is 2.52 bits per heavy atom. The molecule has 6 nitrogen and oxygen atoms in total. The van der Waals surface area contributed by atoms with Crippen LogP contribution in [0, 0.1) is 0 Å². The Morgan fingerprint density at radius 1 is 0.905 bits per heavy atom. The van der Waals surface area contributed by atoms with Crippen LogP contribution in [0.4, 0.5) is 5.69 Å². The summed E-state index contributed by atoms with van der Waals surface area (Å²) in [5.74, 6) is 2.35. The molecule has 2 N–H and O–H groups in total. The van der Waals surface area contributed by atoms with E-state index in [0.717, 1.165) is 16.9 Å². The summed E-state index contributed by atoms with van der Waals surface area (Å²) in [7, 11) is 0. The fourth-order valence-corrected chi connectivity index (χ4v) is 2.12. The molecule has 0 spiro atoms. The fourth-order valence-electron chi connectivity index (χ4n) is 2.12. The third-order valence-corrected chi connectivity index (χ3v) is 3.21. The van der Waals surface area contributed by atoms with Crippen LogP contribution in [-0.2, 0) is 0 Å². The second-order valence-electron chi connectivity index (χ2n) is 4.61. The lowest BCUT2D eigenvalue weighted by Gasteiger charge is -1.97. The minimum Gasteiger partial charge on any atom is -0.454 e. The van der Waals surface area contributed by atoms with Gasteiger partial charge in [-0.25, -0.2) is 0 Å². The number of hydrogen-bond acceptors (Lipinski definition) is 6. The maximum atomic E-state index is 5.66. The molecule has 0 saturated carbocycles. The first-order valence-electron chi connectivity index (χ1n) is 6.39. The Morgan fingerprint density at radius 2 is 1.67 bits per heavy atom. The van der Waals surface area contributed by atoms with E-state index in [0.29, 0.717) is 23.2 Å². The maximum absolute atomic E-state index is 5.66. The van der Waals surface area contributed by atoms with Crippen molar-refractivity contribution in [3.05, 3.63) is 42.5 Å². The molecular weight excluding hydrogens is 270 g/mol. The molecule has 21 heavy (non-hydrogen) atoms. The molecule has 4 rings (SSSR count). The van der Waals surface area contributed by atoms with Crippen LogP contribution in [0.1, 0.15) is 0 Å². The predicted octanol–water partition coefficient (Wildman–Crippen LogP) is 2.71. The molecule has 6 heteroatoms. The molecule has 0 atom stereocenters. The van der Waals surface area contributed by atoms with E-state index < -0.39 is 0 Å². The van der Waals surface area contributed by atoms with Gasteiger partial charge in [0.1, 0.15) is 0 Å². The highest BCUT2D eigenvalue weighted by Crippen LogP contribution is 2.35. The second kappa shape index (κ2) is 4.52. The fraction of sp³-hybridized carbons (Fsp3) is 0.0667. The van der Waals surface area contributed by atoms with Crippen molar-refractivity contribution >= 4 is 5.69 Å². The van der Waals surface area contributed by atoms with Crippen molar-refractivity contribution in [2.45, 2.75) is 0 Å². The zero-order valence-corrected chi connectivity index (χ0v) is 10.9. The smallest absolute Gasteiger partial charge is 0.258 e. The van der Waals surface area contributed by atoms with Crippen molar-refractivity contribution in [2.24, 2.45) is 0 Å². The Kier molecular flexibility index (Phi) is 2.53. The molecule has 2 heterocycles. The summed E-state index contributed by atoms with van der Waals surface area (Å²) in [6.07, 6.45) is 0. The van der Waals surface area contributed by atoms with E-state index in [1.807, 2.05) is 30.3 Å². The first kappa shape index (κ1) is 11.8. The number of hydrogen-bond donors (Lipinski definition) is 1. The van der Waals surface area contributed by atoms with Gasteiger partial charge in [-0.1, -0.05) is 5.16 Å². The van der Waals surface area contributed by atoms with Crippen LogP contribution < -0.4 is 15.2 Å². The topological polar surface area (TPSA) is 83.4 Å². The molecule has 104 valence electrons. The van der Waals surface area contributed by atoms with Crippen LogP contribution in [0.3, 0.4) is 0 Å². The quantitative estimate of drug-likeness (QED) is 0.727. The lowest BCUT2D eigenvalue weighted by atomic mass is 10.2. The van der Waals surface area contributed by atoms with Crippen molar-refractivity contribution in [3.8, 4) is 34.3 Å². The third kappa shape index (κ3) is 2.06. The average Bonchev–Trinajstić information content (AvgIpc) is 3.16. The molecule has 0 saturated heterocycles. The monoisotopic (exact) mass is 281 g/mol. The Hall–Kier alpha value is -3.02. The number of nitrogen functional groups attached to an aromatic ring is 1. The molecule has 1 aromatic heterocycles. The van der Waals surface area contributed by atoms with Gasteiger partial charge in [-0.05, 0) is 42.5 Å². The van der Waals surface area contributed by atoms with Crippen molar-refractivity contribution in [1.82, 2.24) is 10.1 Å². The molecule has 1 aliphatic rings. The predicted molar refractivity (Wildman–Crippen MR) is 75.7 cm³/mol. The summed E-state index contributed by atoms with van der Waals surface area (Å²) in [6.45, 7) is 0.235. The highest BCUT2D eigenvalue weighted by molar-refractivity contribution is 5.64. The molecule has 0 bridgehead atoms. The van der Waals surface area contributed by atoms with E-state index >= 15 is 0 Å². The molecule has 3 aromatic rings. The Labute approximate surface area is 120 Å². The van der Waals surface area contributed by atoms with Crippen LogP contribution in [-0.4, -0.2) is 16.9 Å². The van der Waals surface area contributed by atoms with Crippen LogP contribution in [0.15, 0.2) is 47.0 Å². The summed E-state index contributed by atoms with van der Waals surface area (Å²) < 4.78 is 15.9. The number of benzene rings is 2. The van der Waals surface area contributed by atoms with Gasteiger partial charge in [-0.3, -0.25) is 0 Å². The van der Waals surface area contributed by atoms with Crippen molar-refractivity contribution in [1.29, 1.82) is 0 Å². The first-order valence-corrected chi connectivity index (χ1v) is 6.39. The lowest BCUT2D eigenvalue weighted by Crippen LogP contribution is -1.92. The third-order valence-electron chi connectivity index (χ3n) is 3.21. The second-order valence-corrected chi connectivity index (χ2v) is 4.61. The Bertz CT molecular complexity index is 796. The highest BCUT2D eigenvalue weighted by atomic mass is 16.7. The maximum Gasteiger partial charge on any atom is 0.258 e. The number of nitrogens with zero attached hydrogens (tertiary/aromatic N) is 2. The summed E-state index contributed by atoms with van der Waals surface area (Å²) in [4.78, 5) is 4.39. The molecule has 0 amide bonds. The van der Waals surface area contributed by atoms with E-state index in [9.17, 15) is 0 Å². The number of rotatable bonds is 2. The van der Waals surface area contributed by atoms with Crippen LogP contribution >= 0.6 is 0 Å². The summed E-state index contributed by atoms with van der Waals surface area (Å²) >= 11 is 0. The van der Waals surface area contributed by atoms with Crippen LogP contribution in [0.25, 0.3) is 22.8 Å². The normalized spacial score (nSPS) is 12.6. The standard InChI is InChI=1S/C15H11N3O3/c16-11-4-1-9(2-5-11)14-17-15(21-18-14)10-3-6-12-13(7-10)20-8-19-12/h1-7H,8,16H2. The van der Waals surface area contributed by atoms with Gasteiger partial charge in [-0.2, -0.15) is 4.98 Å². The molecule has 2 aromatic carbocycles. The van der Waals surface area contributed by atoms with E-state index in [1.165, 1.54) is 0 Å².